The maximum Gasteiger partial charge on any atom is 0.311 e. The summed E-state index contributed by atoms with van der Waals surface area (Å²) in [5, 5.41) is 9.50. The van der Waals surface area contributed by atoms with Crippen molar-refractivity contribution in [3.8, 4) is 0 Å². The first kappa shape index (κ1) is 12.9. The Hall–Kier alpha value is -1.58. The molecule has 4 nitrogen and oxygen atoms in total. The summed E-state index contributed by atoms with van der Waals surface area (Å²) in [4.78, 5) is 18.0. The van der Waals surface area contributed by atoms with Crippen LogP contribution in [0.4, 0.5) is 5.82 Å². The lowest BCUT2D eigenvalue weighted by Crippen LogP contribution is -2.39. The summed E-state index contributed by atoms with van der Waals surface area (Å²) in [6, 6.07) is 3.98. The van der Waals surface area contributed by atoms with Crippen LogP contribution in [0.1, 0.15) is 25.8 Å². The van der Waals surface area contributed by atoms with Crippen molar-refractivity contribution in [2.45, 2.75) is 27.2 Å². The third-order valence-electron chi connectivity index (χ3n) is 4.05. The van der Waals surface area contributed by atoms with E-state index in [4.69, 9.17) is 0 Å². The minimum Gasteiger partial charge on any atom is -0.481 e. The van der Waals surface area contributed by atoms with Gasteiger partial charge in [0, 0.05) is 19.3 Å². The van der Waals surface area contributed by atoms with Gasteiger partial charge in [0.1, 0.15) is 5.82 Å². The minimum atomic E-state index is -0.688. The van der Waals surface area contributed by atoms with E-state index in [0.29, 0.717) is 13.0 Å². The minimum absolute atomic E-state index is 0.130. The summed E-state index contributed by atoms with van der Waals surface area (Å²) in [6.07, 6.45) is 2.51. The molecule has 98 valence electrons. The van der Waals surface area contributed by atoms with Gasteiger partial charge in [0.2, 0.25) is 0 Å². The van der Waals surface area contributed by atoms with Gasteiger partial charge in [-0.1, -0.05) is 19.9 Å². The lowest BCUT2D eigenvalue weighted by atomic mass is 9.76. The van der Waals surface area contributed by atoms with Crippen molar-refractivity contribution in [3.05, 3.63) is 23.9 Å². The first-order valence-corrected chi connectivity index (χ1v) is 6.37. The molecule has 4 heteroatoms. The lowest BCUT2D eigenvalue weighted by Gasteiger charge is -2.28. The standard InChI is InChI=1S/C14H20N2O2/c1-10(2)14(13(17)18)6-7-16(9-14)12-5-4-11(3)8-15-12/h4-5,8,10H,6-7,9H2,1-3H3,(H,17,18). The first-order valence-electron chi connectivity index (χ1n) is 6.37. The van der Waals surface area contributed by atoms with Crippen LogP contribution < -0.4 is 4.90 Å². The number of carboxylic acid groups (broad SMARTS) is 1. The van der Waals surface area contributed by atoms with Crippen LogP contribution in [-0.2, 0) is 4.79 Å². The molecule has 1 aliphatic rings. The quantitative estimate of drug-likeness (QED) is 0.892. The van der Waals surface area contributed by atoms with Crippen LogP contribution >= 0.6 is 0 Å². The highest BCUT2D eigenvalue weighted by atomic mass is 16.4. The lowest BCUT2D eigenvalue weighted by molar-refractivity contribution is -0.150. The fraction of sp³-hybridized carbons (Fsp3) is 0.571. The number of carbonyl (C=O) groups is 1. The van der Waals surface area contributed by atoms with E-state index in [1.807, 2.05) is 39.1 Å². The molecule has 0 saturated carbocycles. The third kappa shape index (κ3) is 2.07. The van der Waals surface area contributed by atoms with Crippen LogP contribution in [0, 0.1) is 18.3 Å². The predicted octanol–water partition coefficient (Wildman–Crippen LogP) is 2.33. The smallest absolute Gasteiger partial charge is 0.311 e. The van der Waals surface area contributed by atoms with E-state index in [1.165, 1.54) is 0 Å². The van der Waals surface area contributed by atoms with E-state index in [0.717, 1.165) is 17.9 Å². The Labute approximate surface area is 108 Å². The van der Waals surface area contributed by atoms with Crippen LogP contribution in [-0.4, -0.2) is 29.1 Å². The molecule has 18 heavy (non-hydrogen) atoms. The summed E-state index contributed by atoms with van der Waals surface area (Å²) >= 11 is 0. The molecule has 1 unspecified atom stereocenters. The Balaban J connectivity index is 2.21. The molecule has 0 bridgehead atoms. The summed E-state index contributed by atoms with van der Waals surface area (Å²) in [5.41, 5.74) is 0.485. The van der Waals surface area contributed by atoms with Gasteiger partial charge in [0.15, 0.2) is 0 Å². The van der Waals surface area contributed by atoms with Crippen molar-refractivity contribution in [2.75, 3.05) is 18.0 Å². The molecule has 1 fully saturated rings. The molecule has 0 amide bonds. The number of rotatable bonds is 3. The Morgan fingerprint density at radius 1 is 1.50 bits per heavy atom. The number of anilines is 1. The molecule has 1 aromatic heterocycles. The normalized spacial score (nSPS) is 23.7. The Kier molecular flexibility index (Phi) is 3.28. The number of aryl methyl sites for hydroxylation is 1. The van der Waals surface area contributed by atoms with Crippen LogP contribution in [0.2, 0.25) is 0 Å². The topological polar surface area (TPSA) is 53.4 Å². The van der Waals surface area contributed by atoms with Gasteiger partial charge in [-0.05, 0) is 30.9 Å². The number of hydrogen-bond donors (Lipinski definition) is 1. The molecule has 0 spiro atoms. The Bertz CT molecular complexity index is 442. The molecule has 2 rings (SSSR count). The second-order valence-corrected chi connectivity index (χ2v) is 5.48. The number of carboxylic acids is 1. The van der Waals surface area contributed by atoms with Crippen molar-refractivity contribution in [1.82, 2.24) is 4.98 Å². The average Bonchev–Trinajstić information content (AvgIpc) is 2.76. The molecule has 1 atom stereocenters. The third-order valence-corrected chi connectivity index (χ3v) is 4.05. The van der Waals surface area contributed by atoms with Gasteiger partial charge in [-0.3, -0.25) is 4.79 Å². The summed E-state index contributed by atoms with van der Waals surface area (Å²) in [6.45, 7) is 7.29. The highest BCUT2D eigenvalue weighted by Gasteiger charge is 2.47. The molecule has 1 saturated heterocycles. The van der Waals surface area contributed by atoms with E-state index in [1.54, 1.807) is 0 Å². The van der Waals surface area contributed by atoms with E-state index >= 15 is 0 Å². The van der Waals surface area contributed by atoms with Crippen molar-refractivity contribution in [3.63, 3.8) is 0 Å². The number of nitrogens with zero attached hydrogens (tertiary/aromatic N) is 2. The van der Waals surface area contributed by atoms with Crippen LogP contribution in [0.3, 0.4) is 0 Å². The highest BCUT2D eigenvalue weighted by Crippen LogP contribution is 2.39. The second-order valence-electron chi connectivity index (χ2n) is 5.48. The zero-order chi connectivity index (χ0) is 13.3. The molecule has 0 aromatic carbocycles. The SMILES string of the molecule is Cc1ccc(N2CCC(C(=O)O)(C(C)C)C2)nc1. The Morgan fingerprint density at radius 2 is 2.22 bits per heavy atom. The zero-order valence-electron chi connectivity index (χ0n) is 11.2. The molecule has 1 aromatic rings. The number of aromatic nitrogens is 1. The number of aliphatic carboxylic acids is 1. The molecule has 1 aliphatic heterocycles. The van der Waals surface area contributed by atoms with E-state index in [9.17, 15) is 9.90 Å². The van der Waals surface area contributed by atoms with Gasteiger partial charge >= 0.3 is 5.97 Å². The number of hydrogen-bond acceptors (Lipinski definition) is 3. The fourth-order valence-corrected chi connectivity index (χ4v) is 2.57. The molecule has 0 radical (unpaired) electrons. The van der Waals surface area contributed by atoms with E-state index in [-0.39, 0.29) is 5.92 Å². The maximum atomic E-state index is 11.5. The fourth-order valence-electron chi connectivity index (χ4n) is 2.57. The number of pyridine rings is 1. The van der Waals surface area contributed by atoms with Gasteiger partial charge in [-0.2, -0.15) is 0 Å². The predicted molar refractivity (Wildman–Crippen MR) is 70.7 cm³/mol. The monoisotopic (exact) mass is 248 g/mol. The average molecular weight is 248 g/mol. The maximum absolute atomic E-state index is 11.5. The second kappa shape index (κ2) is 4.59. The van der Waals surface area contributed by atoms with Gasteiger partial charge in [-0.25, -0.2) is 4.98 Å². The summed E-state index contributed by atoms with van der Waals surface area (Å²) in [5.74, 6) is 0.321. The summed E-state index contributed by atoms with van der Waals surface area (Å²) in [7, 11) is 0. The van der Waals surface area contributed by atoms with Crippen LogP contribution in [0.15, 0.2) is 18.3 Å². The van der Waals surface area contributed by atoms with Crippen molar-refractivity contribution >= 4 is 11.8 Å². The van der Waals surface area contributed by atoms with Crippen LogP contribution in [0.25, 0.3) is 0 Å². The summed E-state index contributed by atoms with van der Waals surface area (Å²) < 4.78 is 0. The van der Waals surface area contributed by atoms with E-state index < -0.39 is 11.4 Å². The molecule has 2 heterocycles. The van der Waals surface area contributed by atoms with Crippen molar-refractivity contribution in [2.24, 2.45) is 11.3 Å². The largest absolute Gasteiger partial charge is 0.481 e. The van der Waals surface area contributed by atoms with Gasteiger partial charge in [-0.15, -0.1) is 0 Å². The zero-order valence-corrected chi connectivity index (χ0v) is 11.2. The first-order chi connectivity index (χ1) is 8.45. The molecule has 1 N–H and O–H groups in total. The van der Waals surface area contributed by atoms with Crippen molar-refractivity contribution < 1.29 is 9.90 Å². The van der Waals surface area contributed by atoms with Gasteiger partial charge < -0.3 is 10.0 Å². The molecular weight excluding hydrogens is 228 g/mol. The Morgan fingerprint density at radius 3 is 2.67 bits per heavy atom. The highest BCUT2D eigenvalue weighted by molar-refractivity contribution is 5.77. The van der Waals surface area contributed by atoms with Gasteiger partial charge in [0.05, 0.1) is 5.41 Å². The van der Waals surface area contributed by atoms with Gasteiger partial charge in [0.25, 0.3) is 0 Å². The van der Waals surface area contributed by atoms with Crippen molar-refractivity contribution in [1.29, 1.82) is 0 Å². The molecule has 0 aliphatic carbocycles. The molecular formula is C14H20N2O2. The van der Waals surface area contributed by atoms with Crippen LogP contribution in [0.5, 0.6) is 0 Å². The van der Waals surface area contributed by atoms with E-state index in [2.05, 4.69) is 9.88 Å².